The fourth-order valence-electron chi connectivity index (χ4n) is 5.36. The Balaban J connectivity index is 1.59. The summed E-state index contributed by atoms with van der Waals surface area (Å²) in [4.78, 5) is 5.10. The average Bonchev–Trinajstić information content (AvgIpc) is 2.95. The van der Waals surface area contributed by atoms with Crippen LogP contribution in [-0.4, -0.2) is 5.71 Å². The first kappa shape index (κ1) is 16.9. The van der Waals surface area contributed by atoms with Gasteiger partial charge in [0.15, 0.2) is 0 Å². The third-order valence-corrected chi connectivity index (χ3v) is 6.67. The van der Waals surface area contributed by atoms with Crippen LogP contribution in [0.2, 0.25) is 0 Å². The number of para-hydroxylation sites is 1. The molecule has 29 heavy (non-hydrogen) atoms. The van der Waals surface area contributed by atoms with Gasteiger partial charge >= 0.3 is 0 Å². The molecule has 142 valence electrons. The Bertz CT molecular complexity index is 1190. The standard InChI is InChI=1S/C27H23NO/c1-16-12-13-17(2)25-24(16)23-15-19-14-22(18-8-4-3-5-9-18)28-21-11-7-6-10-20(21)26(19)27(25)29-23/h3-14,23,26-27H,15H2,1-2H3/t23-,26-,27-/m1/s1. The molecule has 3 aromatic rings. The molecule has 1 saturated heterocycles. The molecule has 2 heteroatoms. The van der Waals surface area contributed by atoms with Crippen LogP contribution in [0.5, 0.6) is 0 Å². The molecule has 3 aromatic carbocycles. The Hall–Kier alpha value is -2.97. The lowest BCUT2D eigenvalue weighted by molar-refractivity contribution is -0.0206. The van der Waals surface area contributed by atoms with Crippen LogP contribution in [0.1, 0.15) is 57.9 Å². The van der Waals surface area contributed by atoms with Crippen LogP contribution in [-0.2, 0) is 4.74 Å². The number of hydrogen-bond acceptors (Lipinski definition) is 2. The zero-order valence-corrected chi connectivity index (χ0v) is 16.7. The van der Waals surface area contributed by atoms with E-state index in [1.807, 2.05) is 0 Å². The van der Waals surface area contributed by atoms with Gasteiger partial charge in [0.2, 0.25) is 0 Å². The van der Waals surface area contributed by atoms with E-state index in [0.717, 1.165) is 17.8 Å². The molecule has 3 atom stereocenters. The molecule has 0 aliphatic carbocycles. The normalized spacial score (nSPS) is 24.0. The highest BCUT2D eigenvalue weighted by molar-refractivity contribution is 6.11. The maximum atomic E-state index is 6.66. The van der Waals surface area contributed by atoms with Gasteiger partial charge in [0, 0.05) is 11.5 Å². The summed E-state index contributed by atoms with van der Waals surface area (Å²) in [6.07, 6.45) is 3.48. The van der Waals surface area contributed by atoms with E-state index in [1.54, 1.807) is 0 Å². The van der Waals surface area contributed by atoms with E-state index in [-0.39, 0.29) is 18.1 Å². The second-order valence-electron chi connectivity index (χ2n) is 8.39. The molecule has 0 unspecified atom stereocenters. The van der Waals surface area contributed by atoms with Crippen LogP contribution in [0.4, 0.5) is 5.69 Å². The summed E-state index contributed by atoms with van der Waals surface area (Å²) < 4.78 is 6.66. The smallest absolute Gasteiger partial charge is 0.0946 e. The van der Waals surface area contributed by atoms with Crippen LogP contribution in [0.3, 0.4) is 0 Å². The Morgan fingerprint density at radius 2 is 1.55 bits per heavy atom. The van der Waals surface area contributed by atoms with Crippen molar-refractivity contribution >= 4 is 11.4 Å². The zero-order valence-electron chi connectivity index (χ0n) is 16.7. The first-order valence-electron chi connectivity index (χ1n) is 10.4. The Morgan fingerprint density at radius 3 is 2.38 bits per heavy atom. The van der Waals surface area contributed by atoms with Crippen molar-refractivity contribution in [1.82, 2.24) is 0 Å². The molecule has 0 radical (unpaired) electrons. The Kier molecular flexibility index (Phi) is 3.66. The summed E-state index contributed by atoms with van der Waals surface area (Å²) in [5.74, 6) is 0.217. The van der Waals surface area contributed by atoms with E-state index < -0.39 is 0 Å². The SMILES string of the molecule is Cc1ccc(C)c2c1[C@H]1O[C@@H]2CC2=CC(c3ccccc3)=Nc3ccccc3[C@@H]21. The van der Waals surface area contributed by atoms with Gasteiger partial charge in [-0.1, -0.05) is 66.2 Å². The fourth-order valence-corrected chi connectivity index (χ4v) is 5.36. The van der Waals surface area contributed by atoms with Gasteiger partial charge in [-0.05, 0) is 60.2 Å². The summed E-state index contributed by atoms with van der Waals surface area (Å²) in [6, 6.07) is 23.6. The molecule has 3 heterocycles. The molecule has 2 nitrogen and oxygen atoms in total. The quantitative estimate of drug-likeness (QED) is 0.464. The summed E-state index contributed by atoms with van der Waals surface area (Å²) >= 11 is 0. The van der Waals surface area contributed by atoms with E-state index >= 15 is 0 Å². The van der Waals surface area contributed by atoms with Gasteiger partial charge < -0.3 is 4.74 Å². The topological polar surface area (TPSA) is 21.6 Å². The minimum absolute atomic E-state index is 0.0707. The number of aryl methyl sites for hydroxylation is 2. The van der Waals surface area contributed by atoms with Crippen molar-refractivity contribution in [2.24, 2.45) is 4.99 Å². The van der Waals surface area contributed by atoms with Crippen molar-refractivity contribution < 1.29 is 4.74 Å². The molecular formula is C27H23NO. The molecule has 0 aromatic heterocycles. The van der Waals surface area contributed by atoms with Crippen molar-refractivity contribution in [3.8, 4) is 0 Å². The highest BCUT2D eigenvalue weighted by Crippen LogP contribution is 2.59. The van der Waals surface area contributed by atoms with E-state index in [4.69, 9.17) is 9.73 Å². The third-order valence-electron chi connectivity index (χ3n) is 6.67. The van der Waals surface area contributed by atoms with Crippen LogP contribution in [0.15, 0.2) is 83.4 Å². The molecule has 3 aliphatic heterocycles. The fraction of sp³-hybridized carbons (Fsp3) is 0.222. The molecule has 3 aliphatic rings. The number of rotatable bonds is 1. The monoisotopic (exact) mass is 377 g/mol. The summed E-state index contributed by atoms with van der Waals surface area (Å²) in [5, 5.41) is 0. The number of aliphatic imine (C=N–C) groups is 1. The van der Waals surface area contributed by atoms with Crippen molar-refractivity contribution in [2.45, 2.75) is 38.4 Å². The number of benzene rings is 3. The molecule has 0 amide bonds. The minimum Gasteiger partial charge on any atom is -0.364 e. The summed E-state index contributed by atoms with van der Waals surface area (Å²) in [6.45, 7) is 4.44. The lowest BCUT2D eigenvalue weighted by Gasteiger charge is -2.33. The first-order chi connectivity index (χ1) is 14.2. The Morgan fingerprint density at radius 1 is 0.828 bits per heavy atom. The molecule has 6 rings (SSSR count). The highest BCUT2D eigenvalue weighted by atomic mass is 16.5. The third kappa shape index (κ3) is 2.49. The lowest BCUT2D eigenvalue weighted by Crippen LogP contribution is -2.20. The van der Waals surface area contributed by atoms with Crippen molar-refractivity contribution in [3.05, 3.63) is 112 Å². The number of fused-ring (bicyclic) bond motifs is 9. The minimum atomic E-state index is 0.0707. The van der Waals surface area contributed by atoms with Crippen LogP contribution in [0, 0.1) is 13.8 Å². The molecule has 0 spiro atoms. The van der Waals surface area contributed by atoms with E-state index in [1.165, 1.54) is 39.0 Å². The molecule has 0 N–H and O–H groups in total. The van der Waals surface area contributed by atoms with Gasteiger partial charge in [-0.25, -0.2) is 4.99 Å². The average molecular weight is 377 g/mol. The summed E-state index contributed by atoms with van der Waals surface area (Å²) in [7, 11) is 0. The van der Waals surface area contributed by atoms with E-state index in [2.05, 4.69) is 86.7 Å². The van der Waals surface area contributed by atoms with E-state index in [0.29, 0.717) is 0 Å². The largest absolute Gasteiger partial charge is 0.364 e. The first-order valence-corrected chi connectivity index (χ1v) is 10.4. The van der Waals surface area contributed by atoms with Gasteiger partial charge in [0.05, 0.1) is 23.6 Å². The molecule has 1 fully saturated rings. The van der Waals surface area contributed by atoms with Crippen molar-refractivity contribution in [1.29, 1.82) is 0 Å². The van der Waals surface area contributed by atoms with Crippen LogP contribution in [0.25, 0.3) is 0 Å². The van der Waals surface area contributed by atoms with Gasteiger partial charge in [-0.3, -0.25) is 0 Å². The van der Waals surface area contributed by atoms with Crippen molar-refractivity contribution in [2.75, 3.05) is 0 Å². The predicted octanol–water partition coefficient (Wildman–Crippen LogP) is 6.66. The Labute approximate surface area is 171 Å². The van der Waals surface area contributed by atoms with Gasteiger partial charge in [-0.2, -0.15) is 0 Å². The second-order valence-corrected chi connectivity index (χ2v) is 8.39. The van der Waals surface area contributed by atoms with Crippen LogP contribution < -0.4 is 0 Å². The molecule has 0 saturated carbocycles. The van der Waals surface area contributed by atoms with Crippen LogP contribution >= 0.6 is 0 Å². The van der Waals surface area contributed by atoms with Gasteiger partial charge in [-0.15, -0.1) is 0 Å². The maximum Gasteiger partial charge on any atom is 0.0946 e. The number of nitrogens with zero attached hydrogens (tertiary/aromatic N) is 1. The molecular weight excluding hydrogens is 354 g/mol. The van der Waals surface area contributed by atoms with Gasteiger partial charge in [0.1, 0.15) is 0 Å². The van der Waals surface area contributed by atoms with E-state index in [9.17, 15) is 0 Å². The number of allylic oxidation sites excluding steroid dienone is 1. The van der Waals surface area contributed by atoms with Gasteiger partial charge in [0.25, 0.3) is 0 Å². The summed E-state index contributed by atoms with van der Waals surface area (Å²) in [5.41, 5.74) is 11.5. The molecule has 2 bridgehead atoms. The predicted molar refractivity (Wildman–Crippen MR) is 117 cm³/mol. The highest BCUT2D eigenvalue weighted by Gasteiger charge is 2.46. The maximum absolute atomic E-state index is 6.66. The second kappa shape index (κ2) is 6.27. The number of ether oxygens (including phenoxy) is 1. The van der Waals surface area contributed by atoms with Crippen molar-refractivity contribution in [3.63, 3.8) is 0 Å². The lowest BCUT2D eigenvalue weighted by atomic mass is 9.81. The number of hydrogen-bond donors (Lipinski definition) is 0. The zero-order chi connectivity index (χ0) is 19.5.